The van der Waals surface area contributed by atoms with Gasteiger partial charge in [0, 0.05) is 19.6 Å². The fourth-order valence-electron chi connectivity index (χ4n) is 1.97. The topological polar surface area (TPSA) is 29.1 Å². The molecule has 2 aromatic rings. The summed E-state index contributed by atoms with van der Waals surface area (Å²) in [6, 6.07) is 13.5. The van der Waals surface area contributed by atoms with E-state index in [9.17, 15) is 4.79 Å². The van der Waals surface area contributed by atoms with E-state index in [1.54, 1.807) is 12.1 Å². The van der Waals surface area contributed by atoms with E-state index in [0.717, 1.165) is 14.5 Å². The molecule has 1 amide bonds. The lowest BCUT2D eigenvalue weighted by molar-refractivity contribution is 0.0940. The van der Waals surface area contributed by atoms with Gasteiger partial charge in [-0.05, 0) is 71.8 Å². The van der Waals surface area contributed by atoms with Gasteiger partial charge in [0.25, 0.3) is 5.91 Å². The fraction of sp³-hybridized carbons (Fsp3) is 0.188. The number of amides is 1. The van der Waals surface area contributed by atoms with Crippen LogP contribution in [-0.2, 0) is 6.42 Å². The first-order valence-electron chi connectivity index (χ1n) is 6.46. The Morgan fingerprint density at radius 1 is 1.29 bits per heavy atom. The predicted octanol–water partition coefficient (Wildman–Crippen LogP) is 5.07. The van der Waals surface area contributed by atoms with Crippen LogP contribution < -0.4 is 5.32 Å². The normalized spacial score (nSPS) is 12.0. The number of benzene rings is 2. The van der Waals surface area contributed by atoms with Crippen LogP contribution in [0.3, 0.4) is 0 Å². The smallest absolute Gasteiger partial charge is 0.251 e. The Hall–Kier alpha value is -0.590. The lowest BCUT2D eigenvalue weighted by atomic mass is 10.1. The Balaban J connectivity index is 1.98. The second-order valence-corrected chi connectivity index (χ2v) is 7.32. The number of halogens is 3. The highest BCUT2D eigenvalue weighted by Gasteiger charge is 2.11. The van der Waals surface area contributed by atoms with Gasteiger partial charge in [-0.1, -0.05) is 39.7 Å². The van der Waals surface area contributed by atoms with Gasteiger partial charge < -0.3 is 5.32 Å². The van der Waals surface area contributed by atoms with Crippen molar-refractivity contribution in [3.8, 4) is 0 Å². The van der Waals surface area contributed by atoms with Gasteiger partial charge in [-0.15, -0.1) is 0 Å². The lowest BCUT2D eigenvalue weighted by Gasteiger charge is -2.14. The molecule has 0 aromatic heterocycles. The summed E-state index contributed by atoms with van der Waals surface area (Å²) in [5, 5.41) is 3.59. The van der Waals surface area contributed by atoms with Gasteiger partial charge in [0.1, 0.15) is 0 Å². The van der Waals surface area contributed by atoms with Crippen molar-refractivity contribution < 1.29 is 4.79 Å². The van der Waals surface area contributed by atoms with Crippen LogP contribution in [0, 0.1) is 3.57 Å². The summed E-state index contributed by atoms with van der Waals surface area (Å²) < 4.78 is 1.99. The van der Waals surface area contributed by atoms with Gasteiger partial charge in [0.05, 0.1) is 5.02 Å². The van der Waals surface area contributed by atoms with Crippen molar-refractivity contribution in [2.24, 2.45) is 0 Å². The maximum absolute atomic E-state index is 12.2. The molecule has 0 spiro atoms. The maximum Gasteiger partial charge on any atom is 0.251 e. The Bertz CT molecular complexity index is 645. The second kappa shape index (κ2) is 7.61. The molecule has 1 unspecified atom stereocenters. The van der Waals surface area contributed by atoms with Crippen molar-refractivity contribution >= 4 is 56.0 Å². The van der Waals surface area contributed by atoms with Gasteiger partial charge in [-0.3, -0.25) is 4.79 Å². The minimum Gasteiger partial charge on any atom is -0.349 e. The lowest BCUT2D eigenvalue weighted by Crippen LogP contribution is -2.34. The van der Waals surface area contributed by atoms with E-state index in [1.165, 1.54) is 5.56 Å². The van der Waals surface area contributed by atoms with Gasteiger partial charge in [0.2, 0.25) is 0 Å². The number of hydrogen-bond acceptors (Lipinski definition) is 1. The highest BCUT2D eigenvalue weighted by molar-refractivity contribution is 14.1. The first kappa shape index (κ1) is 16.8. The number of hydrogen-bond donors (Lipinski definition) is 1. The number of carbonyl (C=O) groups excluding carboxylic acids is 1. The molecule has 0 aliphatic carbocycles. The second-order valence-electron chi connectivity index (χ2n) is 4.83. The summed E-state index contributed by atoms with van der Waals surface area (Å²) >= 11 is 11.6. The van der Waals surface area contributed by atoms with Crippen molar-refractivity contribution in [1.82, 2.24) is 5.32 Å². The minimum atomic E-state index is -0.0992. The van der Waals surface area contributed by atoms with Crippen LogP contribution >= 0.6 is 50.1 Å². The molecule has 0 aliphatic rings. The summed E-state index contributed by atoms with van der Waals surface area (Å²) in [5.41, 5.74) is 1.77. The third kappa shape index (κ3) is 4.97. The molecule has 2 rings (SSSR count). The third-order valence-corrected chi connectivity index (χ3v) is 5.12. The van der Waals surface area contributed by atoms with Crippen LogP contribution in [0.25, 0.3) is 0 Å². The van der Waals surface area contributed by atoms with E-state index >= 15 is 0 Å². The molecule has 0 saturated carbocycles. The Kier molecular flexibility index (Phi) is 6.08. The van der Waals surface area contributed by atoms with Crippen LogP contribution in [0.5, 0.6) is 0 Å². The van der Waals surface area contributed by atoms with E-state index in [0.29, 0.717) is 10.6 Å². The zero-order valence-electron chi connectivity index (χ0n) is 11.4. The molecule has 0 bridgehead atoms. The summed E-state index contributed by atoms with van der Waals surface area (Å²) in [5.74, 6) is -0.0992. The molecule has 0 aliphatic heterocycles. The quantitative estimate of drug-likeness (QED) is 0.611. The maximum atomic E-state index is 12.2. The summed E-state index contributed by atoms with van der Waals surface area (Å²) in [6.45, 7) is 1.99. The molecule has 110 valence electrons. The third-order valence-electron chi connectivity index (χ3n) is 3.01. The van der Waals surface area contributed by atoms with Crippen molar-refractivity contribution in [2.45, 2.75) is 19.4 Å². The van der Waals surface area contributed by atoms with Gasteiger partial charge >= 0.3 is 0 Å². The summed E-state index contributed by atoms with van der Waals surface area (Å²) in [7, 11) is 0. The standard InChI is InChI=1S/C16H14BrClINO/c1-10(8-11-2-5-13(17)6-3-11)20-16(21)12-4-7-15(19)14(18)9-12/h2-7,9-10H,8H2,1H3,(H,20,21). The van der Waals surface area contributed by atoms with Crippen molar-refractivity contribution in [3.63, 3.8) is 0 Å². The monoisotopic (exact) mass is 477 g/mol. The highest BCUT2D eigenvalue weighted by Crippen LogP contribution is 2.19. The Morgan fingerprint density at radius 2 is 1.95 bits per heavy atom. The van der Waals surface area contributed by atoms with Gasteiger partial charge in [-0.2, -0.15) is 0 Å². The SMILES string of the molecule is CC(Cc1ccc(Br)cc1)NC(=O)c1ccc(I)c(Cl)c1. The number of carbonyl (C=O) groups is 1. The molecule has 0 fully saturated rings. The van der Waals surface area contributed by atoms with Crippen LogP contribution in [0.4, 0.5) is 0 Å². The average molecular weight is 479 g/mol. The Labute approximate surface area is 151 Å². The van der Waals surface area contributed by atoms with E-state index < -0.39 is 0 Å². The van der Waals surface area contributed by atoms with E-state index in [-0.39, 0.29) is 11.9 Å². The van der Waals surface area contributed by atoms with Gasteiger partial charge in [-0.25, -0.2) is 0 Å². The molecule has 0 radical (unpaired) electrons. The first-order chi connectivity index (χ1) is 9.95. The zero-order valence-corrected chi connectivity index (χ0v) is 15.9. The molecular formula is C16H14BrClINO. The Morgan fingerprint density at radius 3 is 2.57 bits per heavy atom. The van der Waals surface area contributed by atoms with Crippen molar-refractivity contribution in [1.29, 1.82) is 0 Å². The molecule has 21 heavy (non-hydrogen) atoms. The van der Waals surface area contributed by atoms with Crippen LogP contribution in [0.15, 0.2) is 46.9 Å². The predicted molar refractivity (Wildman–Crippen MR) is 98.9 cm³/mol. The van der Waals surface area contributed by atoms with E-state index in [2.05, 4.69) is 56.0 Å². The minimum absolute atomic E-state index is 0.0525. The summed E-state index contributed by atoms with van der Waals surface area (Å²) in [6.07, 6.45) is 0.789. The molecule has 2 nitrogen and oxygen atoms in total. The summed E-state index contributed by atoms with van der Waals surface area (Å²) in [4.78, 5) is 12.2. The molecule has 5 heteroatoms. The number of rotatable bonds is 4. The molecule has 1 atom stereocenters. The number of nitrogens with one attached hydrogen (secondary N) is 1. The molecule has 0 heterocycles. The van der Waals surface area contributed by atoms with Crippen LogP contribution in [-0.4, -0.2) is 11.9 Å². The highest BCUT2D eigenvalue weighted by atomic mass is 127. The van der Waals surface area contributed by atoms with E-state index in [4.69, 9.17) is 11.6 Å². The zero-order chi connectivity index (χ0) is 15.4. The van der Waals surface area contributed by atoms with Crippen molar-refractivity contribution in [3.05, 3.63) is 66.7 Å². The molecule has 1 N–H and O–H groups in total. The van der Waals surface area contributed by atoms with Gasteiger partial charge in [0.15, 0.2) is 0 Å². The first-order valence-corrected chi connectivity index (χ1v) is 8.71. The molecular weight excluding hydrogens is 464 g/mol. The molecule has 2 aromatic carbocycles. The van der Waals surface area contributed by atoms with Crippen LogP contribution in [0.1, 0.15) is 22.8 Å². The average Bonchev–Trinajstić information content (AvgIpc) is 2.44. The van der Waals surface area contributed by atoms with E-state index in [1.807, 2.05) is 25.1 Å². The fourth-order valence-corrected chi connectivity index (χ4v) is 2.75. The largest absolute Gasteiger partial charge is 0.349 e. The van der Waals surface area contributed by atoms with Crippen LogP contribution in [0.2, 0.25) is 5.02 Å². The molecule has 0 saturated heterocycles. The van der Waals surface area contributed by atoms with Crippen molar-refractivity contribution in [2.75, 3.05) is 0 Å².